The van der Waals surface area contributed by atoms with E-state index in [9.17, 15) is 9.59 Å². The highest BCUT2D eigenvalue weighted by Crippen LogP contribution is 2.22. The second-order valence-electron chi connectivity index (χ2n) is 5.03. The lowest BCUT2D eigenvalue weighted by Crippen LogP contribution is -2.26. The van der Waals surface area contributed by atoms with Gasteiger partial charge in [0.1, 0.15) is 0 Å². The second kappa shape index (κ2) is 6.22. The van der Waals surface area contributed by atoms with Crippen LogP contribution in [-0.4, -0.2) is 15.0 Å². The summed E-state index contributed by atoms with van der Waals surface area (Å²) < 4.78 is 1.36. The van der Waals surface area contributed by atoms with E-state index in [1.165, 1.54) is 4.68 Å². The molecule has 0 atom stereocenters. The zero-order chi connectivity index (χ0) is 15.6. The van der Waals surface area contributed by atoms with Gasteiger partial charge in [0.25, 0.3) is 5.56 Å². The molecule has 4 nitrogen and oxygen atoms in total. The fourth-order valence-corrected chi connectivity index (χ4v) is 2.46. The monoisotopic (exact) mass is 304 g/mol. The molecular formula is C16H17ClN2O2. The van der Waals surface area contributed by atoms with Gasteiger partial charge in [-0.2, -0.15) is 5.10 Å². The standard InChI is InChI=1S/C16H17ClN2O2/c1-4-19-16(21)12(9-15(17)20)8-14(18-19)13-6-5-10(2)7-11(13)3/h5-8H,4,9H2,1-3H3. The molecule has 0 amide bonds. The summed E-state index contributed by atoms with van der Waals surface area (Å²) in [6, 6.07) is 7.69. The summed E-state index contributed by atoms with van der Waals surface area (Å²) in [6.45, 7) is 6.31. The van der Waals surface area contributed by atoms with Crippen molar-refractivity contribution in [3.05, 3.63) is 51.3 Å². The van der Waals surface area contributed by atoms with E-state index in [1.807, 2.05) is 32.9 Å². The van der Waals surface area contributed by atoms with Crippen LogP contribution in [-0.2, 0) is 17.8 Å². The quantitative estimate of drug-likeness (QED) is 0.816. The lowest BCUT2D eigenvalue weighted by Gasteiger charge is -2.11. The Balaban J connectivity index is 2.63. The first kappa shape index (κ1) is 15.4. The third-order valence-corrected chi connectivity index (χ3v) is 3.47. The molecule has 1 aromatic carbocycles. The molecule has 0 fully saturated rings. The van der Waals surface area contributed by atoms with Crippen LogP contribution in [0.3, 0.4) is 0 Å². The zero-order valence-electron chi connectivity index (χ0n) is 12.3. The van der Waals surface area contributed by atoms with Crippen LogP contribution in [0.1, 0.15) is 23.6 Å². The van der Waals surface area contributed by atoms with Crippen LogP contribution < -0.4 is 5.56 Å². The number of aromatic nitrogens is 2. The molecule has 21 heavy (non-hydrogen) atoms. The predicted octanol–water partition coefficient (Wildman–Crippen LogP) is 2.85. The maximum Gasteiger partial charge on any atom is 0.270 e. The maximum absolute atomic E-state index is 12.1. The van der Waals surface area contributed by atoms with E-state index in [1.54, 1.807) is 6.07 Å². The summed E-state index contributed by atoms with van der Waals surface area (Å²) in [4.78, 5) is 23.3. The Morgan fingerprint density at radius 2 is 2.00 bits per heavy atom. The minimum absolute atomic E-state index is 0.0825. The maximum atomic E-state index is 12.1. The van der Waals surface area contributed by atoms with Gasteiger partial charge in [-0.25, -0.2) is 4.68 Å². The Labute approximate surface area is 128 Å². The van der Waals surface area contributed by atoms with E-state index in [0.29, 0.717) is 17.8 Å². The van der Waals surface area contributed by atoms with Gasteiger partial charge >= 0.3 is 0 Å². The summed E-state index contributed by atoms with van der Waals surface area (Å²) >= 11 is 5.42. The van der Waals surface area contributed by atoms with Crippen molar-refractivity contribution in [2.45, 2.75) is 33.7 Å². The highest BCUT2D eigenvalue weighted by molar-refractivity contribution is 6.63. The Morgan fingerprint density at radius 3 is 2.57 bits per heavy atom. The number of rotatable bonds is 4. The molecule has 0 radical (unpaired) electrons. The molecule has 0 aliphatic carbocycles. The summed E-state index contributed by atoms with van der Waals surface area (Å²) in [5, 5.41) is 3.82. The molecule has 0 bridgehead atoms. The average molecular weight is 305 g/mol. The van der Waals surface area contributed by atoms with Gasteiger partial charge < -0.3 is 0 Å². The van der Waals surface area contributed by atoms with E-state index < -0.39 is 5.24 Å². The molecule has 5 heteroatoms. The van der Waals surface area contributed by atoms with Crippen LogP contribution in [0.5, 0.6) is 0 Å². The van der Waals surface area contributed by atoms with Crippen molar-refractivity contribution in [1.29, 1.82) is 0 Å². The van der Waals surface area contributed by atoms with Crippen molar-refractivity contribution in [3.63, 3.8) is 0 Å². The van der Waals surface area contributed by atoms with Crippen molar-refractivity contribution >= 4 is 16.8 Å². The summed E-state index contributed by atoms with van der Waals surface area (Å²) in [7, 11) is 0. The molecule has 0 N–H and O–H groups in total. The fourth-order valence-electron chi connectivity index (χ4n) is 2.32. The molecule has 2 rings (SSSR count). The number of aryl methyl sites for hydroxylation is 3. The summed E-state index contributed by atoms with van der Waals surface area (Å²) in [5.41, 5.74) is 3.98. The fraction of sp³-hybridized carbons (Fsp3) is 0.312. The lowest BCUT2D eigenvalue weighted by atomic mass is 10.0. The number of carbonyl (C=O) groups excluding carboxylic acids is 1. The van der Waals surface area contributed by atoms with Gasteiger partial charge in [0.05, 0.1) is 12.1 Å². The predicted molar refractivity (Wildman–Crippen MR) is 83.6 cm³/mol. The Bertz CT molecular complexity index is 750. The third-order valence-electron chi connectivity index (χ3n) is 3.34. The Hall–Kier alpha value is -1.94. The minimum Gasteiger partial charge on any atom is -0.281 e. The molecule has 2 aromatic rings. The van der Waals surface area contributed by atoms with E-state index in [-0.39, 0.29) is 12.0 Å². The second-order valence-corrected chi connectivity index (χ2v) is 5.45. The van der Waals surface area contributed by atoms with Crippen LogP contribution in [0, 0.1) is 13.8 Å². The summed E-state index contributed by atoms with van der Waals surface area (Å²) in [5.74, 6) is 0. The Morgan fingerprint density at radius 1 is 1.29 bits per heavy atom. The van der Waals surface area contributed by atoms with Gasteiger partial charge in [-0.3, -0.25) is 9.59 Å². The topological polar surface area (TPSA) is 52.0 Å². The molecule has 0 spiro atoms. The van der Waals surface area contributed by atoms with Crippen LogP contribution in [0.15, 0.2) is 29.1 Å². The number of hydrogen-bond acceptors (Lipinski definition) is 3. The average Bonchev–Trinajstić information content (AvgIpc) is 2.41. The SMILES string of the molecule is CCn1nc(-c2ccc(C)cc2C)cc(CC(=O)Cl)c1=O. The largest absolute Gasteiger partial charge is 0.281 e. The molecule has 110 valence electrons. The third kappa shape index (κ3) is 3.39. The van der Waals surface area contributed by atoms with Crippen molar-refractivity contribution < 1.29 is 4.79 Å². The number of nitrogens with zero attached hydrogens (tertiary/aromatic N) is 2. The van der Waals surface area contributed by atoms with Crippen LogP contribution in [0.2, 0.25) is 0 Å². The molecule has 1 heterocycles. The first-order valence-corrected chi connectivity index (χ1v) is 7.17. The number of hydrogen-bond donors (Lipinski definition) is 0. The highest BCUT2D eigenvalue weighted by atomic mass is 35.5. The van der Waals surface area contributed by atoms with Gasteiger partial charge in [-0.1, -0.05) is 23.8 Å². The first-order valence-electron chi connectivity index (χ1n) is 6.79. The van der Waals surface area contributed by atoms with Gasteiger partial charge in [0.15, 0.2) is 0 Å². The zero-order valence-corrected chi connectivity index (χ0v) is 13.1. The smallest absolute Gasteiger partial charge is 0.270 e. The van der Waals surface area contributed by atoms with Crippen molar-refractivity contribution in [2.75, 3.05) is 0 Å². The molecular weight excluding hydrogens is 288 g/mol. The van der Waals surface area contributed by atoms with Crippen molar-refractivity contribution in [1.82, 2.24) is 9.78 Å². The highest BCUT2D eigenvalue weighted by Gasteiger charge is 2.13. The molecule has 0 saturated heterocycles. The molecule has 0 aliphatic heterocycles. The summed E-state index contributed by atoms with van der Waals surface area (Å²) in [6.07, 6.45) is -0.0825. The van der Waals surface area contributed by atoms with Gasteiger partial charge in [0, 0.05) is 17.7 Å². The van der Waals surface area contributed by atoms with E-state index in [2.05, 4.69) is 11.2 Å². The molecule has 0 unspecified atom stereocenters. The number of halogens is 1. The molecule has 0 aliphatic rings. The number of benzene rings is 1. The van der Waals surface area contributed by atoms with Crippen LogP contribution in [0.25, 0.3) is 11.3 Å². The van der Waals surface area contributed by atoms with E-state index in [4.69, 9.17) is 11.6 Å². The first-order chi connectivity index (χ1) is 9.92. The van der Waals surface area contributed by atoms with Crippen molar-refractivity contribution in [3.8, 4) is 11.3 Å². The normalized spacial score (nSPS) is 10.7. The van der Waals surface area contributed by atoms with E-state index in [0.717, 1.165) is 16.7 Å². The van der Waals surface area contributed by atoms with Gasteiger partial charge in [0.2, 0.25) is 5.24 Å². The Kier molecular flexibility index (Phi) is 4.58. The lowest BCUT2D eigenvalue weighted by molar-refractivity contribution is -0.111. The van der Waals surface area contributed by atoms with Crippen molar-refractivity contribution in [2.24, 2.45) is 0 Å². The van der Waals surface area contributed by atoms with Crippen LogP contribution in [0.4, 0.5) is 0 Å². The number of carbonyl (C=O) groups is 1. The molecule has 1 aromatic heterocycles. The van der Waals surface area contributed by atoms with Crippen LogP contribution >= 0.6 is 11.6 Å². The van der Waals surface area contributed by atoms with Gasteiger partial charge in [-0.05, 0) is 44.0 Å². The van der Waals surface area contributed by atoms with Gasteiger partial charge in [-0.15, -0.1) is 0 Å². The van der Waals surface area contributed by atoms with E-state index >= 15 is 0 Å². The molecule has 0 saturated carbocycles. The minimum atomic E-state index is -0.549.